The van der Waals surface area contributed by atoms with E-state index in [4.69, 9.17) is 10.2 Å². The Morgan fingerprint density at radius 1 is 1.26 bits per heavy atom. The summed E-state index contributed by atoms with van der Waals surface area (Å²) in [5, 5.41) is 20.9. The van der Waals surface area contributed by atoms with E-state index in [-0.39, 0.29) is 25.2 Å². The summed E-state index contributed by atoms with van der Waals surface area (Å²) in [6.45, 7) is 1.80. The number of amides is 2. The molecule has 2 amide bonds. The van der Waals surface area contributed by atoms with Crippen LogP contribution in [0.5, 0.6) is 0 Å². The zero-order valence-electron chi connectivity index (χ0n) is 13.7. The van der Waals surface area contributed by atoms with E-state index in [2.05, 4.69) is 5.32 Å². The molecule has 1 aromatic carbocycles. The Hall–Kier alpha value is -2.08. The van der Waals surface area contributed by atoms with E-state index in [1.165, 1.54) is 4.90 Å². The van der Waals surface area contributed by atoms with Crippen LogP contribution in [0.1, 0.15) is 25.3 Å². The molecular weight excluding hydrogens is 296 g/mol. The van der Waals surface area contributed by atoms with Crippen molar-refractivity contribution in [1.29, 1.82) is 0 Å². The highest BCUT2D eigenvalue weighted by atomic mass is 16.4. The van der Waals surface area contributed by atoms with Crippen molar-refractivity contribution in [1.82, 2.24) is 10.2 Å². The highest BCUT2D eigenvalue weighted by Crippen LogP contribution is 2.08. The summed E-state index contributed by atoms with van der Waals surface area (Å²) < 4.78 is 0. The van der Waals surface area contributed by atoms with E-state index in [9.17, 15) is 9.59 Å². The van der Waals surface area contributed by atoms with E-state index >= 15 is 0 Å². The fraction of sp³-hybridized carbons (Fsp3) is 0.529. The van der Waals surface area contributed by atoms with Gasteiger partial charge >= 0.3 is 12.0 Å². The van der Waals surface area contributed by atoms with Crippen LogP contribution >= 0.6 is 0 Å². The summed E-state index contributed by atoms with van der Waals surface area (Å²) in [6.07, 6.45) is 1.95. The average molecular weight is 322 g/mol. The normalized spacial score (nSPS) is 13.2. The third-order valence-corrected chi connectivity index (χ3v) is 3.68. The first-order valence-corrected chi connectivity index (χ1v) is 7.83. The number of carbonyl (C=O) groups is 2. The lowest BCUT2D eigenvalue weighted by Crippen LogP contribution is -2.46. The molecule has 0 aromatic heterocycles. The SMILES string of the molecule is CC(CN(C)C(=O)NC(CCCO)Cc1ccccc1)C(=O)O. The first-order valence-electron chi connectivity index (χ1n) is 7.83. The maximum Gasteiger partial charge on any atom is 0.317 e. The zero-order chi connectivity index (χ0) is 17.2. The number of nitrogens with zero attached hydrogens (tertiary/aromatic N) is 1. The van der Waals surface area contributed by atoms with Crippen LogP contribution in [0.3, 0.4) is 0 Å². The van der Waals surface area contributed by atoms with Crippen molar-refractivity contribution in [2.45, 2.75) is 32.2 Å². The van der Waals surface area contributed by atoms with Crippen molar-refractivity contribution in [3.8, 4) is 0 Å². The minimum absolute atomic E-state index is 0.0764. The van der Waals surface area contributed by atoms with Crippen molar-refractivity contribution in [3.63, 3.8) is 0 Å². The van der Waals surface area contributed by atoms with Crippen molar-refractivity contribution in [2.24, 2.45) is 5.92 Å². The molecule has 0 saturated heterocycles. The van der Waals surface area contributed by atoms with Crippen molar-refractivity contribution in [2.75, 3.05) is 20.2 Å². The molecule has 3 N–H and O–H groups in total. The molecule has 1 aromatic rings. The number of hydrogen-bond acceptors (Lipinski definition) is 3. The average Bonchev–Trinajstić information content (AvgIpc) is 2.53. The number of aliphatic carboxylic acids is 1. The molecule has 0 spiro atoms. The van der Waals surface area contributed by atoms with Crippen molar-refractivity contribution >= 4 is 12.0 Å². The monoisotopic (exact) mass is 322 g/mol. The van der Waals surface area contributed by atoms with E-state index in [0.717, 1.165) is 5.56 Å². The van der Waals surface area contributed by atoms with Gasteiger partial charge in [-0.25, -0.2) is 4.79 Å². The second-order valence-electron chi connectivity index (χ2n) is 5.82. The summed E-state index contributed by atoms with van der Waals surface area (Å²) in [4.78, 5) is 24.5. The number of carboxylic acids is 1. The first kappa shape index (κ1) is 19.0. The Labute approximate surface area is 137 Å². The number of rotatable bonds is 9. The maximum absolute atomic E-state index is 12.2. The number of benzene rings is 1. The van der Waals surface area contributed by atoms with Gasteiger partial charge in [-0.15, -0.1) is 0 Å². The van der Waals surface area contributed by atoms with Gasteiger partial charge in [-0.2, -0.15) is 0 Å². The molecular formula is C17H26N2O4. The first-order chi connectivity index (χ1) is 10.9. The molecule has 0 aliphatic rings. The Bertz CT molecular complexity index is 493. The van der Waals surface area contributed by atoms with Gasteiger partial charge in [-0.1, -0.05) is 37.3 Å². The van der Waals surface area contributed by atoms with Crippen LogP contribution < -0.4 is 5.32 Å². The molecule has 6 heteroatoms. The molecule has 0 aliphatic heterocycles. The largest absolute Gasteiger partial charge is 0.481 e. The van der Waals surface area contributed by atoms with Gasteiger partial charge in [-0.3, -0.25) is 4.79 Å². The number of carbonyl (C=O) groups excluding carboxylic acids is 1. The molecule has 23 heavy (non-hydrogen) atoms. The van der Waals surface area contributed by atoms with Gasteiger partial charge in [0.15, 0.2) is 0 Å². The molecule has 2 unspecified atom stereocenters. The quantitative estimate of drug-likeness (QED) is 0.646. The molecule has 2 atom stereocenters. The van der Waals surface area contributed by atoms with Crippen LogP contribution in [-0.4, -0.2) is 53.4 Å². The van der Waals surface area contributed by atoms with Gasteiger partial charge in [0.25, 0.3) is 0 Å². The second-order valence-corrected chi connectivity index (χ2v) is 5.82. The van der Waals surface area contributed by atoms with E-state index in [1.807, 2.05) is 30.3 Å². The Balaban J connectivity index is 2.61. The lowest BCUT2D eigenvalue weighted by Gasteiger charge is -2.25. The summed E-state index contributed by atoms with van der Waals surface area (Å²) in [6, 6.07) is 9.42. The standard InChI is InChI=1S/C17H26N2O4/c1-13(16(21)22)12-19(2)17(23)18-15(9-6-10-20)11-14-7-4-3-5-8-14/h3-5,7-8,13,15,20H,6,9-12H2,1-2H3,(H,18,23)(H,21,22). The summed E-state index contributed by atoms with van der Waals surface area (Å²) in [5.74, 6) is -1.54. The lowest BCUT2D eigenvalue weighted by atomic mass is 10.0. The van der Waals surface area contributed by atoms with E-state index in [1.54, 1.807) is 14.0 Å². The minimum atomic E-state index is -0.925. The topological polar surface area (TPSA) is 89.9 Å². The molecule has 0 radical (unpaired) electrons. The fourth-order valence-corrected chi connectivity index (χ4v) is 2.32. The number of aliphatic hydroxyl groups is 1. The third kappa shape index (κ3) is 7.15. The molecule has 0 fully saturated rings. The smallest absolute Gasteiger partial charge is 0.317 e. The Kier molecular flexibility index (Phi) is 8.11. The van der Waals surface area contributed by atoms with Gasteiger partial charge in [0.2, 0.25) is 0 Å². The predicted molar refractivity (Wildman–Crippen MR) is 88.2 cm³/mol. The maximum atomic E-state index is 12.2. The zero-order valence-corrected chi connectivity index (χ0v) is 13.7. The van der Waals surface area contributed by atoms with E-state index in [0.29, 0.717) is 19.3 Å². The highest BCUT2D eigenvalue weighted by molar-refractivity contribution is 5.76. The van der Waals surface area contributed by atoms with Crippen LogP contribution in [0.25, 0.3) is 0 Å². The number of hydrogen-bond donors (Lipinski definition) is 3. The number of carboxylic acid groups (broad SMARTS) is 1. The molecule has 0 aliphatic carbocycles. The van der Waals surface area contributed by atoms with E-state index < -0.39 is 11.9 Å². The van der Waals surface area contributed by atoms with Gasteiger partial charge in [-0.05, 0) is 24.8 Å². The molecule has 0 saturated carbocycles. The fourth-order valence-electron chi connectivity index (χ4n) is 2.32. The summed E-state index contributed by atoms with van der Waals surface area (Å²) in [5.41, 5.74) is 1.11. The van der Waals surface area contributed by atoms with Gasteiger partial charge in [0, 0.05) is 26.2 Å². The second kappa shape index (κ2) is 9.84. The molecule has 0 heterocycles. The number of urea groups is 1. The van der Waals surface area contributed by atoms with Gasteiger partial charge in [0.05, 0.1) is 5.92 Å². The van der Waals surface area contributed by atoms with Crippen molar-refractivity contribution < 1.29 is 19.8 Å². The molecule has 6 nitrogen and oxygen atoms in total. The molecule has 0 bridgehead atoms. The van der Waals surface area contributed by atoms with Crippen LogP contribution in [0, 0.1) is 5.92 Å². The lowest BCUT2D eigenvalue weighted by molar-refractivity contribution is -0.141. The van der Waals surface area contributed by atoms with Crippen LogP contribution in [0.4, 0.5) is 4.79 Å². The Morgan fingerprint density at radius 3 is 2.48 bits per heavy atom. The number of aliphatic hydroxyl groups excluding tert-OH is 1. The van der Waals surface area contributed by atoms with Gasteiger partial charge < -0.3 is 20.4 Å². The minimum Gasteiger partial charge on any atom is -0.481 e. The van der Waals surface area contributed by atoms with Crippen molar-refractivity contribution in [3.05, 3.63) is 35.9 Å². The van der Waals surface area contributed by atoms with Crippen LogP contribution in [0.2, 0.25) is 0 Å². The summed E-state index contributed by atoms with van der Waals surface area (Å²) in [7, 11) is 1.58. The van der Waals surface area contributed by atoms with Crippen LogP contribution in [-0.2, 0) is 11.2 Å². The van der Waals surface area contributed by atoms with Gasteiger partial charge in [0.1, 0.15) is 0 Å². The number of nitrogens with one attached hydrogen (secondary N) is 1. The third-order valence-electron chi connectivity index (χ3n) is 3.68. The van der Waals surface area contributed by atoms with Crippen LogP contribution in [0.15, 0.2) is 30.3 Å². The molecule has 1 rings (SSSR count). The predicted octanol–water partition coefficient (Wildman–Crippen LogP) is 1.73. The highest BCUT2D eigenvalue weighted by Gasteiger charge is 2.20. The Morgan fingerprint density at radius 2 is 1.91 bits per heavy atom. The summed E-state index contributed by atoms with van der Waals surface area (Å²) >= 11 is 0. The molecule has 128 valence electrons.